The highest BCUT2D eigenvalue weighted by atomic mass is 32.1. The molecule has 27 heavy (non-hydrogen) atoms. The minimum Gasteiger partial charge on any atom is -0.492 e. The molecule has 1 aromatic carbocycles. The molecular weight excluding hydrogens is 356 g/mol. The van der Waals surface area contributed by atoms with E-state index >= 15 is 0 Å². The predicted molar refractivity (Wildman–Crippen MR) is 110 cm³/mol. The molecular formula is C21H28N4OS. The van der Waals surface area contributed by atoms with Gasteiger partial charge in [0.15, 0.2) is 5.82 Å². The molecule has 4 rings (SSSR count). The van der Waals surface area contributed by atoms with E-state index in [1.807, 2.05) is 6.92 Å². The molecule has 1 aliphatic heterocycles. The van der Waals surface area contributed by atoms with Gasteiger partial charge in [-0.05, 0) is 43.0 Å². The first-order valence-electron chi connectivity index (χ1n) is 9.99. The van der Waals surface area contributed by atoms with E-state index < -0.39 is 0 Å². The number of aromatic hydroxyl groups is 1. The van der Waals surface area contributed by atoms with E-state index in [2.05, 4.69) is 53.1 Å². The van der Waals surface area contributed by atoms with Crippen LogP contribution < -0.4 is 0 Å². The molecule has 1 fully saturated rings. The number of nitrogens with zero attached hydrogens (tertiary/aromatic N) is 4. The zero-order valence-electron chi connectivity index (χ0n) is 16.4. The molecule has 3 aromatic rings. The molecule has 0 aliphatic carbocycles. The zero-order valence-corrected chi connectivity index (χ0v) is 17.2. The minimum atomic E-state index is 0.0603. The molecule has 1 aliphatic rings. The van der Waals surface area contributed by atoms with E-state index in [0.717, 1.165) is 35.2 Å². The first-order chi connectivity index (χ1) is 13.1. The van der Waals surface area contributed by atoms with E-state index in [-0.39, 0.29) is 11.9 Å². The van der Waals surface area contributed by atoms with Crippen LogP contribution in [0.2, 0.25) is 0 Å². The highest BCUT2D eigenvalue weighted by Gasteiger charge is 2.30. The molecule has 6 heteroatoms. The summed E-state index contributed by atoms with van der Waals surface area (Å²) < 4.78 is 1.61. The Labute approximate surface area is 164 Å². The molecule has 0 unspecified atom stereocenters. The van der Waals surface area contributed by atoms with Gasteiger partial charge in [-0.3, -0.25) is 4.90 Å². The smallest absolute Gasteiger partial charge is 0.230 e. The second-order valence-corrected chi connectivity index (χ2v) is 8.70. The van der Waals surface area contributed by atoms with Gasteiger partial charge in [-0.2, -0.15) is 4.52 Å². The maximum atomic E-state index is 10.9. The van der Waals surface area contributed by atoms with Crippen LogP contribution in [0.1, 0.15) is 73.8 Å². The monoisotopic (exact) mass is 384 g/mol. The third-order valence-electron chi connectivity index (χ3n) is 5.48. The number of benzene rings is 1. The van der Waals surface area contributed by atoms with Crippen molar-refractivity contribution in [3.8, 4) is 5.88 Å². The molecule has 0 saturated carbocycles. The van der Waals surface area contributed by atoms with Crippen LogP contribution in [-0.2, 0) is 6.42 Å². The first-order valence-corrected chi connectivity index (χ1v) is 10.8. The summed E-state index contributed by atoms with van der Waals surface area (Å²) >= 11 is 1.56. The second kappa shape index (κ2) is 7.60. The van der Waals surface area contributed by atoms with Crippen molar-refractivity contribution in [2.24, 2.45) is 0 Å². The summed E-state index contributed by atoms with van der Waals surface area (Å²) in [5, 5.41) is 15.4. The highest BCUT2D eigenvalue weighted by Crippen LogP contribution is 2.41. The number of hydrogen-bond donors (Lipinski definition) is 1. The SMILES string of the molecule is CCc1nc2sc([C@H](c3ccc(C(C)C)cc3)N3CCCCC3)c(O)n2n1. The Morgan fingerprint density at radius 2 is 1.74 bits per heavy atom. The fourth-order valence-electron chi connectivity index (χ4n) is 3.89. The largest absolute Gasteiger partial charge is 0.492 e. The molecule has 1 atom stereocenters. The Hall–Kier alpha value is -1.92. The lowest BCUT2D eigenvalue weighted by Gasteiger charge is -2.34. The molecule has 0 spiro atoms. The van der Waals surface area contributed by atoms with Gasteiger partial charge < -0.3 is 5.11 Å². The van der Waals surface area contributed by atoms with Crippen LogP contribution >= 0.6 is 11.3 Å². The number of hydrogen-bond acceptors (Lipinski definition) is 5. The second-order valence-electron chi connectivity index (χ2n) is 7.69. The van der Waals surface area contributed by atoms with Gasteiger partial charge in [-0.1, -0.05) is 62.8 Å². The Kier molecular flexibility index (Phi) is 5.19. The summed E-state index contributed by atoms with van der Waals surface area (Å²) in [6.07, 6.45) is 4.48. The summed E-state index contributed by atoms with van der Waals surface area (Å²) in [6.45, 7) is 8.58. The van der Waals surface area contributed by atoms with Gasteiger partial charge in [0.2, 0.25) is 10.8 Å². The number of aryl methyl sites for hydroxylation is 1. The normalized spacial score (nSPS) is 17.0. The fourth-order valence-corrected chi connectivity index (χ4v) is 5.02. The van der Waals surface area contributed by atoms with Gasteiger partial charge in [-0.25, -0.2) is 4.98 Å². The van der Waals surface area contributed by atoms with Crippen molar-refractivity contribution in [2.45, 2.75) is 58.4 Å². The van der Waals surface area contributed by atoms with Crippen molar-refractivity contribution in [1.82, 2.24) is 19.5 Å². The van der Waals surface area contributed by atoms with Crippen molar-refractivity contribution in [1.29, 1.82) is 0 Å². The van der Waals surface area contributed by atoms with E-state index in [4.69, 9.17) is 0 Å². The van der Waals surface area contributed by atoms with Gasteiger partial charge in [0.25, 0.3) is 0 Å². The molecule has 3 heterocycles. The lowest BCUT2D eigenvalue weighted by molar-refractivity contribution is 0.186. The summed E-state index contributed by atoms with van der Waals surface area (Å²) in [7, 11) is 0. The summed E-state index contributed by atoms with van der Waals surface area (Å²) in [6, 6.07) is 8.95. The van der Waals surface area contributed by atoms with Crippen LogP contribution in [-0.4, -0.2) is 37.7 Å². The number of fused-ring (bicyclic) bond motifs is 1. The molecule has 144 valence electrons. The average molecular weight is 385 g/mol. The van der Waals surface area contributed by atoms with Gasteiger partial charge in [0.1, 0.15) is 0 Å². The number of thiazole rings is 1. The third-order valence-corrected chi connectivity index (χ3v) is 6.56. The minimum absolute atomic E-state index is 0.0603. The Balaban J connectivity index is 1.77. The third kappa shape index (κ3) is 3.48. The fraction of sp³-hybridized carbons (Fsp3) is 0.524. The number of rotatable bonds is 5. The Morgan fingerprint density at radius 1 is 1.07 bits per heavy atom. The first kappa shape index (κ1) is 18.4. The zero-order chi connectivity index (χ0) is 19.0. The van der Waals surface area contributed by atoms with Gasteiger partial charge >= 0.3 is 0 Å². The molecule has 0 amide bonds. The number of likely N-dealkylation sites (tertiary alicyclic amines) is 1. The molecule has 0 bridgehead atoms. The summed E-state index contributed by atoms with van der Waals surface area (Å²) in [5.74, 6) is 1.53. The molecule has 1 N–H and O–H groups in total. The Morgan fingerprint density at radius 3 is 2.33 bits per heavy atom. The summed E-state index contributed by atoms with van der Waals surface area (Å²) in [5.41, 5.74) is 2.58. The van der Waals surface area contributed by atoms with Crippen LogP contribution in [0, 0.1) is 0 Å². The highest BCUT2D eigenvalue weighted by molar-refractivity contribution is 7.17. The Bertz CT molecular complexity index is 906. The maximum Gasteiger partial charge on any atom is 0.230 e. The molecule has 0 radical (unpaired) electrons. The summed E-state index contributed by atoms with van der Waals surface area (Å²) in [4.78, 5) is 8.79. The van der Waals surface area contributed by atoms with Crippen molar-refractivity contribution in [3.05, 3.63) is 46.1 Å². The van der Waals surface area contributed by atoms with Gasteiger partial charge in [0, 0.05) is 6.42 Å². The predicted octanol–water partition coefficient (Wildman–Crippen LogP) is 4.76. The average Bonchev–Trinajstić information content (AvgIpc) is 3.23. The van der Waals surface area contributed by atoms with Crippen LogP contribution in [0.4, 0.5) is 0 Å². The molecule has 2 aromatic heterocycles. The van der Waals surface area contributed by atoms with Crippen molar-refractivity contribution >= 4 is 16.3 Å². The number of aromatic nitrogens is 3. The topological polar surface area (TPSA) is 53.7 Å². The molecule has 5 nitrogen and oxygen atoms in total. The van der Waals surface area contributed by atoms with E-state index in [9.17, 15) is 5.11 Å². The van der Waals surface area contributed by atoms with Crippen LogP contribution in [0.3, 0.4) is 0 Å². The van der Waals surface area contributed by atoms with Crippen LogP contribution in [0.25, 0.3) is 4.96 Å². The van der Waals surface area contributed by atoms with Crippen molar-refractivity contribution < 1.29 is 5.11 Å². The van der Waals surface area contributed by atoms with E-state index in [1.54, 1.807) is 15.9 Å². The van der Waals surface area contributed by atoms with Crippen molar-refractivity contribution in [3.63, 3.8) is 0 Å². The lowest BCUT2D eigenvalue weighted by Crippen LogP contribution is -2.34. The van der Waals surface area contributed by atoms with Crippen LogP contribution in [0.5, 0.6) is 5.88 Å². The standard InChI is InChI=1S/C21H28N4OS/c1-4-17-22-21-25(23-17)20(26)19(27-21)18(24-12-6-5-7-13-24)16-10-8-15(9-11-16)14(2)3/h8-11,14,18,26H,4-7,12-13H2,1-3H3/t18-/m0/s1. The van der Waals surface area contributed by atoms with E-state index in [0.29, 0.717) is 5.92 Å². The van der Waals surface area contributed by atoms with Gasteiger partial charge in [0.05, 0.1) is 10.9 Å². The number of piperidine rings is 1. The molecule has 1 saturated heterocycles. The van der Waals surface area contributed by atoms with Crippen LogP contribution in [0.15, 0.2) is 24.3 Å². The lowest BCUT2D eigenvalue weighted by atomic mass is 9.96. The van der Waals surface area contributed by atoms with E-state index in [1.165, 1.54) is 30.4 Å². The van der Waals surface area contributed by atoms with Gasteiger partial charge in [-0.15, -0.1) is 5.10 Å². The maximum absolute atomic E-state index is 10.9. The quantitative estimate of drug-likeness (QED) is 0.689. The van der Waals surface area contributed by atoms with Crippen molar-refractivity contribution in [2.75, 3.05) is 13.1 Å².